The first-order valence-electron chi connectivity index (χ1n) is 3.63. The van der Waals surface area contributed by atoms with Crippen LogP contribution >= 0.6 is 11.8 Å². The Morgan fingerprint density at radius 2 is 1.82 bits per heavy atom. The quantitative estimate of drug-likeness (QED) is 0.685. The van der Waals surface area contributed by atoms with E-state index in [9.17, 15) is 0 Å². The summed E-state index contributed by atoms with van der Waals surface area (Å²) in [5.41, 5.74) is 6.90. The predicted molar refractivity (Wildman–Crippen MR) is 50.8 cm³/mol. The van der Waals surface area contributed by atoms with Crippen LogP contribution in [0.1, 0.15) is 18.5 Å². The second-order valence-electron chi connectivity index (χ2n) is 2.56. The Labute approximate surface area is 72.0 Å². The molecule has 0 amide bonds. The molecule has 0 aliphatic carbocycles. The summed E-state index contributed by atoms with van der Waals surface area (Å²) in [5.74, 6) is 0. The standard InChI is InChI=1S/C9H13NS/c1-7(10)8-3-5-9(11-2)6-4-8/h3-7H,10H2,1-2H3. The van der Waals surface area contributed by atoms with Gasteiger partial charge in [0.2, 0.25) is 0 Å². The average Bonchev–Trinajstić information content (AvgIpc) is 2.05. The van der Waals surface area contributed by atoms with E-state index in [1.54, 1.807) is 11.8 Å². The summed E-state index contributed by atoms with van der Waals surface area (Å²) in [6, 6.07) is 8.51. The van der Waals surface area contributed by atoms with Crippen molar-refractivity contribution in [3.8, 4) is 0 Å². The van der Waals surface area contributed by atoms with Crippen LogP contribution in [0.3, 0.4) is 0 Å². The van der Waals surface area contributed by atoms with Crippen molar-refractivity contribution in [1.82, 2.24) is 0 Å². The Morgan fingerprint density at radius 1 is 1.27 bits per heavy atom. The van der Waals surface area contributed by atoms with Crippen LogP contribution in [0.4, 0.5) is 0 Å². The molecule has 0 fully saturated rings. The Hall–Kier alpha value is -0.470. The van der Waals surface area contributed by atoms with Gasteiger partial charge in [-0.1, -0.05) is 12.1 Å². The second-order valence-corrected chi connectivity index (χ2v) is 3.44. The van der Waals surface area contributed by atoms with E-state index in [2.05, 4.69) is 30.5 Å². The molecule has 1 atom stereocenters. The zero-order valence-corrected chi connectivity index (χ0v) is 7.69. The van der Waals surface area contributed by atoms with Crippen molar-refractivity contribution < 1.29 is 0 Å². The third-order valence-electron chi connectivity index (χ3n) is 1.64. The molecule has 60 valence electrons. The molecule has 0 spiro atoms. The number of benzene rings is 1. The molecule has 0 heterocycles. The Kier molecular flexibility index (Phi) is 2.97. The molecule has 0 saturated carbocycles. The van der Waals surface area contributed by atoms with E-state index in [-0.39, 0.29) is 6.04 Å². The maximum atomic E-state index is 5.70. The lowest BCUT2D eigenvalue weighted by atomic mass is 10.1. The molecule has 0 aromatic heterocycles. The fourth-order valence-corrected chi connectivity index (χ4v) is 1.32. The molecule has 0 saturated heterocycles. The monoisotopic (exact) mass is 167 g/mol. The topological polar surface area (TPSA) is 26.0 Å². The van der Waals surface area contributed by atoms with Gasteiger partial charge in [-0.3, -0.25) is 0 Å². The summed E-state index contributed by atoms with van der Waals surface area (Å²) in [6.45, 7) is 1.99. The molecule has 2 N–H and O–H groups in total. The molecular weight excluding hydrogens is 154 g/mol. The summed E-state index contributed by atoms with van der Waals surface area (Å²) in [4.78, 5) is 1.29. The van der Waals surface area contributed by atoms with Gasteiger partial charge in [-0.05, 0) is 30.9 Å². The van der Waals surface area contributed by atoms with Crippen molar-refractivity contribution >= 4 is 11.8 Å². The maximum absolute atomic E-state index is 5.70. The SMILES string of the molecule is CSc1ccc(C(C)N)cc1. The normalized spacial score (nSPS) is 13.0. The van der Waals surface area contributed by atoms with E-state index in [0.717, 1.165) is 0 Å². The molecule has 1 unspecified atom stereocenters. The summed E-state index contributed by atoms with van der Waals surface area (Å²) in [7, 11) is 0. The molecule has 1 nitrogen and oxygen atoms in total. The van der Waals surface area contributed by atoms with Gasteiger partial charge >= 0.3 is 0 Å². The first-order valence-corrected chi connectivity index (χ1v) is 4.86. The van der Waals surface area contributed by atoms with Gasteiger partial charge in [0.1, 0.15) is 0 Å². The average molecular weight is 167 g/mol. The lowest BCUT2D eigenvalue weighted by molar-refractivity contribution is 0.817. The zero-order valence-electron chi connectivity index (χ0n) is 6.87. The lowest BCUT2D eigenvalue weighted by Gasteiger charge is -2.04. The maximum Gasteiger partial charge on any atom is 0.0266 e. The van der Waals surface area contributed by atoms with Crippen LogP contribution in [0.15, 0.2) is 29.2 Å². The van der Waals surface area contributed by atoms with Crippen LogP contribution in [0.25, 0.3) is 0 Å². The highest BCUT2D eigenvalue weighted by Gasteiger charge is 1.97. The summed E-state index contributed by atoms with van der Waals surface area (Å²) < 4.78 is 0. The third kappa shape index (κ3) is 2.24. The minimum atomic E-state index is 0.144. The fourth-order valence-electron chi connectivity index (χ4n) is 0.907. The highest BCUT2D eigenvalue weighted by Crippen LogP contribution is 2.17. The third-order valence-corrected chi connectivity index (χ3v) is 2.39. The van der Waals surface area contributed by atoms with Gasteiger partial charge in [-0.15, -0.1) is 11.8 Å². The van der Waals surface area contributed by atoms with Crippen LogP contribution < -0.4 is 5.73 Å². The number of nitrogens with two attached hydrogens (primary N) is 1. The zero-order chi connectivity index (χ0) is 8.27. The van der Waals surface area contributed by atoms with E-state index < -0.39 is 0 Å². The molecule has 2 heteroatoms. The number of hydrogen-bond acceptors (Lipinski definition) is 2. The molecule has 1 aromatic rings. The van der Waals surface area contributed by atoms with Gasteiger partial charge in [0, 0.05) is 10.9 Å². The van der Waals surface area contributed by atoms with Crippen LogP contribution in [-0.2, 0) is 0 Å². The largest absolute Gasteiger partial charge is 0.324 e. The van der Waals surface area contributed by atoms with E-state index in [1.807, 2.05) is 6.92 Å². The fraction of sp³-hybridized carbons (Fsp3) is 0.333. The smallest absolute Gasteiger partial charge is 0.0266 e. The van der Waals surface area contributed by atoms with Crippen molar-refractivity contribution in [3.05, 3.63) is 29.8 Å². The van der Waals surface area contributed by atoms with Crippen molar-refractivity contribution in [2.75, 3.05) is 6.26 Å². The van der Waals surface area contributed by atoms with Gasteiger partial charge in [-0.25, -0.2) is 0 Å². The van der Waals surface area contributed by atoms with E-state index in [4.69, 9.17) is 5.73 Å². The molecule has 0 aliphatic rings. The lowest BCUT2D eigenvalue weighted by Crippen LogP contribution is -2.04. The van der Waals surface area contributed by atoms with Gasteiger partial charge in [0.05, 0.1) is 0 Å². The van der Waals surface area contributed by atoms with Crippen LogP contribution in [-0.4, -0.2) is 6.26 Å². The van der Waals surface area contributed by atoms with Crippen molar-refractivity contribution in [2.24, 2.45) is 5.73 Å². The predicted octanol–water partition coefficient (Wildman–Crippen LogP) is 2.43. The molecule has 0 aliphatic heterocycles. The molecule has 0 radical (unpaired) electrons. The summed E-state index contributed by atoms with van der Waals surface area (Å²) in [6.07, 6.45) is 2.07. The second kappa shape index (κ2) is 3.79. The molecule has 0 bridgehead atoms. The number of thioether (sulfide) groups is 1. The molecule has 1 rings (SSSR count). The Morgan fingerprint density at radius 3 is 2.18 bits per heavy atom. The Balaban J connectivity index is 2.83. The van der Waals surface area contributed by atoms with E-state index in [0.29, 0.717) is 0 Å². The first kappa shape index (κ1) is 8.62. The number of hydrogen-bond donors (Lipinski definition) is 1. The highest BCUT2D eigenvalue weighted by molar-refractivity contribution is 7.98. The van der Waals surface area contributed by atoms with Crippen LogP contribution in [0, 0.1) is 0 Å². The molecular formula is C9H13NS. The Bertz CT molecular complexity index is 216. The minimum Gasteiger partial charge on any atom is -0.324 e. The van der Waals surface area contributed by atoms with Crippen molar-refractivity contribution in [1.29, 1.82) is 0 Å². The van der Waals surface area contributed by atoms with Crippen LogP contribution in [0.2, 0.25) is 0 Å². The molecule has 11 heavy (non-hydrogen) atoms. The summed E-state index contributed by atoms with van der Waals surface area (Å²) >= 11 is 1.75. The van der Waals surface area contributed by atoms with Gasteiger partial charge in [-0.2, -0.15) is 0 Å². The minimum absolute atomic E-state index is 0.144. The first-order chi connectivity index (χ1) is 5.24. The van der Waals surface area contributed by atoms with Crippen molar-refractivity contribution in [2.45, 2.75) is 17.9 Å². The van der Waals surface area contributed by atoms with Gasteiger partial charge < -0.3 is 5.73 Å². The highest BCUT2D eigenvalue weighted by atomic mass is 32.2. The van der Waals surface area contributed by atoms with E-state index in [1.165, 1.54) is 10.5 Å². The van der Waals surface area contributed by atoms with Crippen molar-refractivity contribution in [3.63, 3.8) is 0 Å². The van der Waals surface area contributed by atoms with Gasteiger partial charge in [0.25, 0.3) is 0 Å². The summed E-state index contributed by atoms with van der Waals surface area (Å²) in [5, 5.41) is 0. The molecule has 1 aromatic carbocycles. The number of rotatable bonds is 2. The van der Waals surface area contributed by atoms with Gasteiger partial charge in [0.15, 0.2) is 0 Å². The van der Waals surface area contributed by atoms with E-state index >= 15 is 0 Å². The van der Waals surface area contributed by atoms with Crippen LogP contribution in [0.5, 0.6) is 0 Å².